The van der Waals surface area contributed by atoms with Crippen molar-refractivity contribution in [2.45, 2.75) is 99.2 Å². The average Bonchev–Trinajstić information content (AvgIpc) is 2.53. The van der Waals surface area contributed by atoms with Gasteiger partial charge in [0.1, 0.15) is 11.2 Å². The number of esters is 1. The zero-order valence-corrected chi connectivity index (χ0v) is 18.3. The molecule has 0 aromatic carbocycles. The molecule has 0 saturated carbocycles. The lowest BCUT2D eigenvalue weighted by Gasteiger charge is -2.44. The number of ether oxygens (including phenoxy) is 2. The van der Waals surface area contributed by atoms with Gasteiger partial charge in [0, 0.05) is 31.3 Å². The number of likely N-dealkylation sites (tertiary alicyclic amines) is 1. The lowest BCUT2D eigenvalue weighted by Crippen LogP contribution is -2.52. The van der Waals surface area contributed by atoms with Crippen molar-refractivity contribution in [3.8, 4) is 0 Å². The van der Waals surface area contributed by atoms with Gasteiger partial charge in [-0.05, 0) is 40.5 Å². The van der Waals surface area contributed by atoms with Crippen LogP contribution in [0.1, 0.15) is 88.0 Å². The van der Waals surface area contributed by atoms with E-state index in [2.05, 4.69) is 20.8 Å². The molecule has 5 heteroatoms. The predicted octanol–water partition coefficient (Wildman–Crippen LogP) is 5.17. The number of piperidine rings is 1. The maximum atomic E-state index is 12.6. The molecule has 5 nitrogen and oxygen atoms in total. The summed E-state index contributed by atoms with van der Waals surface area (Å²) in [6.07, 6.45) is 2.52. The Hall–Kier alpha value is -1.26. The third-order valence-corrected chi connectivity index (χ3v) is 6.47. The van der Waals surface area contributed by atoms with Crippen LogP contribution in [0.3, 0.4) is 0 Å². The maximum Gasteiger partial charge on any atom is 0.410 e. The predicted molar refractivity (Wildman–Crippen MR) is 104 cm³/mol. The minimum Gasteiger partial charge on any atom is -0.459 e. The first-order valence-corrected chi connectivity index (χ1v) is 9.91. The summed E-state index contributed by atoms with van der Waals surface area (Å²) in [4.78, 5) is 26.8. The standard InChI is InChI=1S/C21H39NO4/c1-10-19(6,7)16(23)25-21(11-2)12-14-22(15-13-21)17(24)26-20(8,9)18(3,4)5/h10-15H2,1-9H3. The number of carbonyl (C=O) groups is 2. The van der Waals surface area contributed by atoms with Crippen molar-refractivity contribution in [2.24, 2.45) is 10.8 Å². The zero-order chi connectivity index (χ0) is 20.4. The number of carbonyl (C=O) groups excluding carboxylic acids is 2. The van der Waals surface area contributed by atoms with E-state index in [1.165, 1.54) is 0 Å². The summed E-state index contributed by atoms with van der Waals surface area (Å²) < 4.78 is 11.7. The van der Waals surface area contributed by atoms with Gasteiger partial charge >= 0.3 is 12.1 Å². The topological polar surface area (TPSA) is 55.8 Å². The molecule has 1 saturated heterocycles. The Kier molecular flexibility index (Phi) is 6.81. The van der Waals surface area contributed by atoms with E-state index in [1.807, 2.05) is 41.5 Å². The van der Waals surface area contributed by atoms with Crippen LogP contribution >= 0.6 is 0 Å². The minimum absolute atomic E-state index is 0.146. The Labute approximate surface area is 159 Å². The van der Waals surface area contributed by atoms with Crippen molar-refractivity contribution in [2.75, 3.05) is 13.1 Å². The number of rotatable bonds is 5. The first-order chi connectivity index (χ1) is 11.7. The Balaban J connectivity index is 2.72. The van der Waals surface area contributed by atoms with Gasteiger partial charge in [0.05, 0.1) is 5.41 Å². The SMILES string of the molecule is CCC1(OC(=O)C(C)(C)CC)CCN(C(=O)OC(C)(C)C(C)(C)C)CC1. The molecule has 1 fully saturated rings. The van der Waals surface area contributed by atoms with Crippen LogP contribution in [0.25, 0.3) is 0 Å². The molecule has 0 atom stereocenters. The minimum atomic E-state index is -0.555. The van der Waals surface area contributed by atoms with Crippen LogP contribution < -0.4 is 0 Å². The second-order valence-electron chi connectivity index (χ2n) is 9.78. The largest absolute Gasteiger partial charge is 0.459 e. The molecule has 0 aliphatic carbocycles. The van der Waals surface area contributed by atoms with Crippen LogP contribution in [0, 0.1) is 10.8 Å². The Morgan fingerprint density at radius 2 is 1.46 bits per heavy atom. The van der Waals surface area contributed by atoms with Gasteiger partial charge in [0.15, 0.2) is 0 Å². The maximum absolute atomic E-state index is 12.6. The summed E-state index contributed by atoms with van der Waals surface area (Å²) in [7, 11) is 0. The van der Waals surface area contributed by atoms with E-state index in [1.54, 1.807) is 4.90 Å². The van der Waals surface area contributed by atoms with Crippen LogP contribution in [0.2, 0.25) is 0 Å². The fraction of sp³-hybridized carbons (Fsp3) is 0.905. The van der Waals surface area contributed by atoms with Crippen LogP contribution in [0.15, 0.2) is 0 Å². The zero-order valence-electron chi connectivity index (χ0n) is 18.3. The van der Waals surface area contributed by atoms with Crippen molar-refractivity contribution in [3.05, 3.63) is 0 Å². The molecule has 0 spiro atoms. The van der Waals surface area contributed by atoms with Crippen molar-refractivity contribution in [1.29, 1.82) is 0 Å². The summed E-state index contributed by atoms with van der Waals surface area (Å²) >= 11 is 0. The quantitative estimate of drug-likeness (QED) is 0.627. The van der Waals surface area contributed by atoms with Crippen molar-refractivity contribution >= 4 is 12.1 Å². The molecule has 1 aliphatic heterocycles. The van der Waals surface area contributed by atoms with Gasteiger partial charge in [0.2, 0.25) is 0 Å². The highest BCUT2D eigenvalue weighted by Crippen LogP contribution is 2.36. The number of hydrogen-bond donors (Lipinski definition) is 0. The summed E-state index contributed by atoms with van der Waals surface area (Å²) in [6, 6.07) is 0. The molecule has 26 heavy (non-hydrogen) atoms. The molecular weight excluding hydrogens is 330 g/mol. The monoisotopic (exact) mass is 369 g/mol. The van der Waals surface area contributed by atoms with Crippen molar-refractivity contribution in [1.82, 2.24) is 4.90 Å². The van der Waals surface area contributed by atoms with Gasteiger partial charge in [-0.25, -0.2) is 4.79 Å². The van der Waals surface area contributed by atoms with Crippen LogP contribution in [0.4, 0.5) is 4.79 Å². The van der Waals surface area contributed by atoms with E-state index in [0.717, 1.165) is 12.8 Å². The lowest BCUT2D eigenvalue weighted by atomic mass is 9.79. The smallest absolute Gasteiger partial charge is 0.410 e. The molecule has 0 aromatic heterocycles. The number of hydrogen-bond acceptors (Lipinski definition) is 4. The van der Waals surface area contributed by atoms with Gasteiger partial charge in [0.25, 0.3) is 0 Å². The summed E-state index contributed by atoms with van der Waals surface area (Å²) in [5.74, 6) is -0.147. The Morgan fingerprint density at radius 3 is 1.85 bits per heavy atom. The van der Waals surface area contributed by atoms with Crippen LogP contribution in [-0.2, 0) is 14.3 Å². The normalized spacial score (nSPS) is 18.4. The highest BCUT2D eigenvalue weighted by molar-refractivity contribution is 5.76. The molecule has 1 amide bonds. The molecule has 1 aliphatic rings. The molecule has 1 heterocycles. The second-order valence-corrected chi connectivity index (χ2v) is 9.78. The Bertz CT molecular complexity index is 509. The van der Waals surface area contributed by atoms with Gasteiger partial charge in [-0.1, -0.05) is 34.6 Å². The molecule has 0 radical (unpaired) electrons. The van der Waals surface area contributed by atoms with E-state index >= 15 is 0 Å². The molecule has 0 N–H and O–H groups in total. The highest BCUT2D eigenvalue weighted by Gasteiger charge is 2.43. The van der Waals surface area contributed by atoms with E-state index in [0.29, 0.717) is 25.9 Å². The average molecular weight is 370 g/mol. The molecule has 0 aromatic rings. The van der Waals surface area contributed by atoms with Gasteiger partial charge in [-0.15, -0.1) is 0 Å². The van der Waals surface area contributed by atoms with E-state index in [-0.39, 0.29) is 17.5 Å². The summed E-state index contributed by atoms with van der Waals surface area (Å²) in [5, 5.41) is 0. The van der Waals surface area contributed by atoms with E-state index in [9.17, 15) is 9.59 Å². The first kappa shape index (κ1) is 22.8. The summed E-state index contributed by atoms with van der Waals surface area (Å²) in [5.41, 5.74) is -1.65. The van der Waals surface area contributed by atoms with Gasteiger partial charge in [-0.2, -0.15) is 0 Å². The molecule has 152 valence electrons. The fourth-order valence-electron chi connectivity index (χ4n) is 2.54. The van der Waals surface area contributed by atoms with E-state index in [4.69, 9.17) is 9.47 Å². The number of amides is 1. The van der Waals surface area contributed by atoms with Crippen molar-refractivity contribution < 1.29 is 19.1 Å². The molecule has 0 unspecified atom stereocenters. The van der Waals surface area contributed by atoms with Crippen LogP contribution in [0.5, 0.6) is 0 Å². The third-order valence-electron chi connectivity index (χ3n) is 6.47. The number of nitrogens with zero attached hydrogens (tertiary/aromatic N) is 1. The lowest BCUT2D eigenvalue weighted by molar-refractivity contribution is -0.176. The molecule has 1 rings (SSSR count). The molecule has 0 bridgehead atoms. The van der Waals surface area contributed by atoms with Crippen LogP contribution in [-0.4, -0.2) is 41.3 Å². The highest BCUT2D eigenvalue weighted by atomic mass is 16.6. The summed E-state index contributed by atoms with van der Waals surface area (Å²) in [6.45, 7) is 19.0. The Morgan fingerprint density at radius 1 is 0.962 bits per heavy atom. The van der Waals surface area contributed by atoms with Gasteiger partial charge < -0.3 is 14.4 Å². The molecular formula is C21H39NO4. The third kappa shape index (κ3) is 5.14. The fourth-order valence-corrected chi connectivity index (χ4v) is 2.54. The van der Waals surface area contributed by atoms with Gasteiger partial charge in [-0.3, -0.25) is 4.79 Å². The first-order valence-electron chi connectivity index (χ1n) is 9.91. The van der Waals surface area contributed by atoms with Crippen molar-refractivity contribution in [3.63, 3.8) is 0 Å². The second kappa shape index (κ2) is 7.77. The van der Waals surface area contributed by atoms with E-state index < -0.39 is 16.6 Å².